The Bertz CT molecular complexity index is 993. The lowest BCUT2D eigenvalue weighted by atomic mass is 9.68. The first-order chi connectivity index (χ1) is 16.9. The van der Waals surface area contributed by atoms with Crippen molar-refractivity contribution in [1.82, 2.24) is 24.7 Å². The second-order valence-electron chi connectivity index (χ2n) is 9.79. The monoisotopic (exact) mass is 480 g/mol. The minimum atomic E-state index is -0.242. The van der Waals surface area contributed by atoms with Crippen molar-refractivity contribution in [3.63, 3.8) is 0 Å². The van der Waals surface area contributed by atoms with Gasteiger partial charge in [0.15, 0.2) is 0 Å². The number of anilines is 1. The Kier molecular flexibility index (Phi) is 7.66. The quantitative estimate of drug-likeness (QED) is 0.594. The Balaban J connectivity index is 1.46. The third-order valence-electron chi connectivity index (χ3n) is 7.71. The SMILES string of the molecule is COCCN1C(=O)N(CCC(=O)Nc2cncnc2)C[C@]12CC[C@@](c1ccccc1)(N(C)C)CC2. The van der Waals surface area contributed by atoms with E-state index >= 15 is 0 Å². The highest BCUT2D eigenvalue weighted by atomic mass is 16.5. The van der Waals surface area contributed by atoms with Crippen LogP contribution in [0, 0.1) is 0 Å². The fourth-order valence-corrected chi connectivity index (χ4v) is 5.70. The van der Waals surface area contributed by atoms with Gasteiger partial charge in [0.25, 0.3) is 0 Å². The molecule has 2 aromatic rings. The molecule has 0 unspecified atom stereocenters. The van der Waals surface area contributed by atoms with E-state index in [0.717, 1.165) is 25.7 Å². The van der Waals surface area contributed by atoms with Crippen molar-refractivity contribution in [3.05, 3.63) is 54.6 Å². The van der Waals surface area contributed by atoms with Crippen molar-refractivity contribution in [3.8, 4) is 0 Å². The Labute approximate surface area is 207 Å². The van der Waals surface area contributed by atoms with E-state index < -0.39 is 0 Å². The van der Waals surface area contributed by atoms with Gasteiger partial charge in [0.1, 0.15) is 6.33 Å². The molecule has 2 aliphatic rings. The third kappa shape index (κ3) is 5.16. The van der Waals surface area contributed by atoms with E-state index in [9.17, 15) is 9.59 Å². The standard InChI is InChI=1S/C26H36N6O3/c1-30(2)26(21-7-5-4-6-8-21)12-10-25(11-13-26)19-31(24(34)32(25)15-16-35-3)14-9-23(33)29-22-17-27-20-28-18-22/h4-8,17-18,20H,9-16,19H2,1-3H3,(H,29,33)/t25-,26-. The molecule has 1 aromatic heterocycles. The first kappa shape index (κ1) is 25.1. The molecule has 1 N–H and O–H groups in total. The van der Waals surface area contributed by atoms with E-state index in [2.05, 4.69) is 64.6 Å². The Morgan fingerprint density at radius 2 is 1.77 bits per heavy atom. The molecule has 0 bridgehead atoms. The number of urea groups is 1. The van der Waals surface area contributed by atoms with Crippen LogP contribution in [-0.2, 0) is 15.1 Å². The second-order valence-corrected chi connectivity index (χ2v) is 9.79. The number of hydrogen-bond acceptors (Lipinski definition) is 6. The zero-order valence-electron chi connectivity index (χ0n) is 20.9. The van der Waals surface area contributed by atoms with E-state index in [1.807, 2.05) is 9.80 Å². The third-order valence-corrected chi connectivity index (χ3v) is 7.71. The summed E-state index contributed by atoms with van der Waals surface area (Å²) in [6.07, 6.45) is 8.48. The smallest absolute Gasteiger partial charge is 0.320 e. The lowest BCUT2D eigenvalue weighted by molar-refractivity contribution is -0.116. The Hall–Kier alpha value is -3.04. The summed E-state index contributed by atoms with van der Waals surface area (Å²) in [4.78, 5) is 39.9. The summed E-state index contributed by atoms with van der Waals surface area (Å²) in [6, 6.07) is 10.7. The van der Waals surface area contributed by atoms with Crippen molar-refractivity contribution in [2.24, 2.45) is 0 Å². The fourth-order valence-electron chi connectivity index (χ4n) is 5.70. The van der Waals surface area contributed by atoms with Crippen molar-refractivity contribution in [2.75, 3.05) is 52.8 Å². The molecule has 1 aliphatic carbocycles. The minimum Gasteiger partial charge on any atom is -0.383 e. The van der Waals surface area contributed by atoms with Gasteiger partial charge in [-0.05, 0) is 45.3 Å². The van der Waals surface area contributed by atoms with Crippen LogP contribution in [-0.4, -0.2) is 89.6 Å². The largest absolute Gasteiger partial charge is 0.383 e. The average Bonchev–Trinajstić information content (AvgIpc) is 3.13. The minimum absolute atomic E-state index is 0.00467. The summed E-state index contributed by atoms with van der Waals surface area (Å²) in [5.74, 6) is -0.156. The summed E-state index contributed by atoms with van der Waals surface area (Å²) in [7, 11) is 5.96. The van der Waals surface area contributed by atoms with Crippen LogP contribution in [0.4, 0.5) is 10.5 Å². The lowest BCUT2D eigenvalue weighted by Gasteiger charge is -2.51. The number of nitrogens with zero attached hydrogens (tertiary/aromatic N) is 5. The molecule has 1 saturated carbocycles. The van der Waals surface area contributed by atoms with Crippen LogP contribution in [0.1, 0.15) is 37.7 Å². The molecule has 35 heavy (non-hydrogen) atoms. The molecule has 1 spiro atoms. The number of carbonyl (C=O) groups excluding carboxylic acids is 2. The fraction of sp³-hybridized carbons (Fsp3) is 0.538. The maximum atomic E-state index is 13.5. The van der Waals surface area contributed by atoms with Crippen LogP contribution >= 0.6 is 0 Å². The van der Waals surface area contributed by atoms with Crippen molar-refractivity contribution < 1.29 is 14.3 Å². The van der Waals surface area contributed by atoms with Crippen LogP contribution < -0.4 is 5.32 Å². The molecule has 2 fully saturated rings. The highest BCUT2D eigenvalue weighted by Crippen LogP contribution is 2.48. The summed E-state index contributed by atoms with van der Waals surface area (Å²) >= 11 is 0. The molecule has 1 saturated heterocycles. The van der Waals surface area contributed by atoms with Gasteiger partial charge >= 0.3 is 6.03 Å². The van der Waals surface area contributed by atoms with Gasteiger partial charge in [0.2, 0.25) is 5.91 Å². The summed E-state index contributed by atoms with van der Waals surface area (Å²) in [5, 5.41) is 2.80. The van der Waals surface area contributed by atoms with Gasteiger partial charge in [0, 0.05) is 38.7 Å². The molecule has 188 valence electrons. The summed E-state index contributed by atoms with van der Waals surface area (Å²) < 4.78 is 5.34. The predicted octanol–water partition coefficient (Wildman–Crippen LogP) is 2.96. The van der Waals surface area contributed by atoms with E-state index in [1.54, 1.807) is 19.5 Å². The summed E-state index contributed by atoms with van der Waals surface area (Å²) in [6.45, 7) is 2.06. The first-order valence-corrected chi connectivity index (χ1v) is 12.2. The number of methoxy groups -OCH3 is 1. The van der Waals surface area contributed by atoms with Crippen molar-refractivity contribution in [1.29, 1.82) is 0 Å². The number of nitrogens with one attached hydrogen (secondary N) is 1. The molecular formula is C26H36N6O3. The van der Waals surface area contributed by atoms with Crippen LogP contribution in [0.25, 0.3) is 0 Å². The highest BCUT2D eigenvalue weighted by molar-refractivity contribution is 5.90. The van der Waals surface area contributed by atoms with Gasteiger partial charge < -0.3 is 19.9 Å². The zero-order valence-corrected chi connectivity index (χ0v) is 20.9. The topological polar surface area (TPSA) is 90.9 Å². The average molecular weight is 481 g/mol. The lowest BCUT2D eigenvalue weighted by Crippen LogP contribution is -2.56. The van der Waals surface area contributed by atoms with Crippen LogP contribution in [0.15, 0.2) is 49.1 Å². The van der Waals surface area contributed by atoms with E-state index in [0.29, 0.717) is 31.9 Å². The van der Waals surface area contributed by atoms with E-state index in [4.69, 9.17) is 4.74 Å². The molecule has 2 heterocycles. The number of carbonyl (C=O) groups is 2. The molecule has 9 nitrogen and oxygen atoms in total. The summed E-state index contributed by atoms with van der Waals surface area (Å²) in [5.41, 5.74) is 1.59. The van der Waals surface area contributed by atoms with Gasteiger partial charge in [-0.15, -0.1) is 0 Å². The molecule has 9 heteroatoms. The molecule has 0 atom stereocenters. The number of aromatic nitrogens is 2. The highest BCUT2D eigenvalue weighted by Gasteiger charge is 2.54. The zero-order chi connectivity index (χ0) is 24.9. The van der Waals surface area contributed by atoms with Crippen LogP contribution in [0.3, 0.4) is 0 Å². The number of benzene rings is 1. The maximum absolute atomic E-state index is 13.5. The van der Waals surface area contributed by atoms with Crippen LogP contribution in [0.5, 0.6) is 0 Å². The van der Waals surface area contributed by atoms with E-state index in [-0.39, 0.29) is 29.4 Å². The van der Waals surface area contributed by atoms with Crippen molar-refractivity contribution >= 4 is 17.6 Å². The molecule has 1 aromatic carbocycles. The van der Waals surface area contributed by atoms with Gasteiger partial charge in [-0.1, -0.05) is 30.3 Å². The molecule has 1 aliphatic heterocycles. The maximum Gasteiger partial charge on any atom is 0.320 e. The Morgan fingerprint density at radius 3 is 2.40 bits per heavy atom. The molecule has 3 amide bonds. The first-order valence-electron chi connectivity index (χ1n) is 12.2. The number of rotatable bonds is 9. The number of ether oxygens (including phenoxy) is 1. The molecular weight excluding hydrogens is 444 g/mol. The van der Waals surface area contributed by atoms with Gasteiger partial charge in [-0.3, -0.25) is 9.69 Å². The number of hydrogen-bond donors (Lipinski definition) is 1. The molecule has 4 rings (SSSR count). The van der Waals surface area contributed by atoms with Gasteiger partial charge in [-0.25, -0.2) is 14.8 Å². The predicted molar refractivity (Wildman–Crippen MR) is 134 cm³/mol. The van der Waals surface area contributed by atoms with Crippen molar-refractivity contribution in [2.45, 2.75) is 43.2 Å². The number of amides is 3. The van der Waals surface area contributed by atoms with E-state index in [1.165, 1.54) is 11.9 Å². The van der Waals surface area contributed by atoms with Gasteiger partial charge in [0.05, 0.1) is 30.2 Å². The molecule has 0 radical (unpaired) electrons. The normalized spacial score (nSPS) is 24.4. The van der Waals surface area contributed by atoms with Crippen LogP contribution in [0.2, 0.25) is 0 Å². The van der Waals surface area contributed by atoms with Gasteiger partial charge in [-0.2, -0.15) is 0 Å². The second kappa shape index (κ2) is 10.7. The Morgan fingerprint density at radius 1 is 1.09 bits per heavy atom.